The van der Waals surface area contributed by atoms with Crippen molar-refractivity contribution in [2.45, 2.75) is 0 Å². The molecule has 124 valence electrons. The van der Waals surface area contributed by atoms with Crippen LogP contribution in [-0.2, 0) is 23.9 Å². The summed E-state index contributed by atoms with van der Waals surface area (Å²) in [6, 6.07) is 5.80. The predicted molar refractivity (Wildman–Crippen MR) is 83.8 cm³/mol. The van der Waals surface area contributed by atoms with Crippen LogP contribution in [0.4, 0.5) is 5.69 Å². The normalized spacial score (nSPS) is 14.5. The molecule has 9 nitrogen and oxygen atoms in total. The van der Waals surface area contributed by atoms with E-state index in [1.807, 2.05) is 0 Å². The van der Waals surface area contributed by atoms with Gasteiger partial charge in [0.05, 0.1) is 18.4 Å². The summed E-state index contributed by atoms with van der Waals surface area (Å²) >= 11 is 4.60. The molecule has 1 aromatic rings. The Morgan fingerprint density at radius 2 is 1.71 bits per heavy atom. The van der Waals surface area contributed by atoms with Crippen LogP contribution in [0.2, 0.25) is 0 Å². The Labute approximate surface area is 140 Å². The fourth-order valence-corrected chi connectivity index (χ4v) is 2.15. The fraction of sp³-hybridized carbons (Fsp3) is 0.143. The van der Waals surface area contributed by atoms with E-state index in [2.05, 4.69) is 32.9 Å². The number of anilines is 1. The number of hydrogen-bond acceptors (Lipinski definition) is 7. The van der Waals surface area contributed by atoms with Gasteiger partial charge in [-0.3, -0.25) is 19.2 Å². The molecular formula is C14H11N3O6S. The summed E-state index contributed by atoms with van der Waals surface area (Å²) < 4.78 is 4.56. The number of Topliss-reactive ketones (excluding diaryl/α,β-unsaturated/α-hetero) is 1. The summed E-state index contributed by atoms with van der Waals surface area (Å²) in [4.78, 5) is 59.2. The van der Waals surface area contributed by atoms with Gasteiger partial charge < -0.3 is 20.7 Å². The van der Waals surface area contributed by atoms with Crippen molar-refractivity contribution >= 4 is 52.5 Å². The molecule has 1 aliphatic heterocycles. The lowest BCUT2D eigenvalue weighted by Crippen LogP contribution is -2.59. The molecular weight excluding hydrogens is 338 g/mol. The Balaban J connectivity index is 2.20. The van der Waals surface area contributed by atoms with E-state index in [0.717, 1.165) is 7.11 Å². The van der Waals surface area contributed by atoms with Crippen LogP contribution in [0, 0.1) is 5.92 Å². The summed E-state index contributed by atoms with van der Waals surface area (Å²) in [6.07, 6.45) is 0. The molecule has 0 unspecified atom stereocenters. The Morgan fingerprint density at radius 3 is 2.29 bits per heavy atom. The van der Waals surface area contributed by atoms with Crippen molar-refractivity contribution in [1.82, 2.24) is 10.6 Å². The SMILES string of the molecule is COC(=O)c1ccccc1NC(=O)C(=O)C1C(=O)NC(=S)NC1=O. The smallest absolute Gasteiger partial charge is 0.339 e. The minimum atomic E-state index is -1.86. The van der Waals surface area contributed by atoms with Crippen LogP contribution >= 0.6 is 12.2 Å². The third kappa shape index (κ3) is 3.43. The lowest BCUT2D eigenvalue weighted by molar-refractivity contribution is -0.146. The maximum Gasteiger partial charge on any atom is 0.339 e. The summed E-state index contributed by atoms with van der Waals surface area (Å²) in [5.41, 5.74) is 0.0229. The first-order valence-electron chi connectivity index (χ1n) is 6.53. The quantitative estimate of drug-likeness (QED) is 0.279. The molecule has 1 fully saturated rings. The highest BCUT2D eigenvalue weighted by Crippen LogP contribution is 2.16. The zero-order valence-corrected chi connectivity index (χ0v) is 13.1. The summed E-state index contributed by atoms with van der Waals surface area (Å²) in [5.74, 6) is -7.09. The molecule has 1 aliphatic rings. The van der Waals surface area contributed by atoms with Gasteiger partial charge in [0.2, 0.25) is 17.6 Å². The zero-order chi connectivity index (χ0) is 17.9. The zero-order valence-electron chi connectivity index (χ0n) is 12.2. The van der Waals surface area contributed by atoms with Gasteiger partial charge in [0.25, 0.3) is 5.91 Å². The number of methoxy groups -OCH3 is 1. The maximum atomic E-state index is 12.1. The lowest BCUT2D eigenvalue weighted by Gasteiger charge is -2.21. The standard InChI is InChI=1S/C14H11N3O6S/c1-23-13(22)6-4-2-3-5-7(6)15-12(21)9(18)8-10(19)16-14(24)17-11(8)20/h2-5,8H,1H3,(H,15,21)(H2,16,17,19,20,24). The van der Waals surface area contributed by atoms with Crippen LogP contribution < -0.4 is 16.0 Å². The molecule has 0 aliphatic carbocycles. The third-order valence-electron chi connectivity index (χ3n) is 3.06. The van der Waals surface area contributed by atoms with Gasteiger partial charge in [-0.25, -0.2) is 4.79 Å². The van der Waals surface area contributed by atoms with Crippen molar-refractivity contribution in [3.8, 4) is 0 Å². The van der Waals surface area contributed by atoms with Crippen molar-refractivity contribution in [3.05, 3.63) is 29.8 Å². The molecule has 0 spiro atoms. The van der Waals surface area contributed by atoms with Gasteiger partial charge in [-0.15, -0.1) is 0 Å². The Morgan fingerprint density at radius 1 is 1.12 bits per heavy atom. The number of thiocarbonyl (C=S) groups is 1. The number of carbonyl (C=O) groups excluding carboxylic acids is 5. The van der Waals surface area contributed by atoms with E-state index in [0.29, 0.717) is 0 Å². The second kappa shape index (κ2) is 6.96. The van der Waals surface area contributed by atoms with Crippen molar-refractivity contribution in [2.75, 3.05) is 12.4 Å². The monoisotopic (exact) mass is 349 g/mol. The van der Waals surface area contributed by atoms with E-state index in [1.54, 1.807) is 0 Å². The van der Waals surface area contributed by atoms with Crippen LogP contribution in [0.5, 0.6) is 0 Å². The van der Waals surface area contributed by atoms with Crippen molar-refractivity contribution in [2.24, 2.45) is 5.92 Å². The number of benzene rings is 1. The first-order chi connectivity index (χ1) is 11.3. The van der Waals surface area contributed by atoms with Gasteiger partial charge in [-0.05, 0) is 24.4 Å². The molecule has 0 aromatic heterocycles. The van der Waals surface area contributed by atoms with Crippen LogP contribution in [0.15, 0.2) is 24.3 Å². The number of rotatable bonds is 4. The van der Waals surface area contributed by atoms with Crippen molar-refractivity contribution < 1.29 is 28.7 Å². The minimum absolute atomic E-state index is 0.00912. The molecule has 10 heteroatoms. The molecule has 24 heavy (non-hydrogen) atoms. The summed E-state index contributed by atoms with van der Waals surface area (Å²) in [5, 5.41) is 6.12. The highest BCUT2D eigenvalue weighted by atomic mass is 32.1. The van der Waals surface area contributed by atoms with Crippen molar-refractivity contribution in [3.63, 3.8) is 0 Å². The molecule has 1 heterocycles. The molecule has 0 radical (unpaired) electrons. The predicted octanol–water partition coefficient (Wildman–Crippen LogP) is -0.872. The third-order valence-corrected chi connectivity index (χ3v) is 3.27. The van der Waals surface area contributed by atoms with Crippen LogP contribution in [-0.4, -0.2) is 41.7 Å². The summed E-state index contributed by atoms with van der Waals surface area (Å²) in [6.45, 7) is 0. The van der Waals surface area contributed by atoms with Gasteiger partial charge in [0.1, 0.15) is 0 Å². The van der Waals surface area contributed by atoms with E-state index in [4.69, 9.17) is 0 Å². The number of ether oxygens (including phenoxy) is 1. The second-order valence-electron chi connectivity index (χ2n) is 4.60. The van der Waals surface area contributed by atoms with Crippen LogP contribution in [0.25, 0.3) is 0 Å². The minimum Gasteiger partial charge on any atom is -0.465 e. The van der Waals surface area contributed by atoms with E-state index < -0.39 is 35.4 Å². The molecule has 1 saturated heterocycles. The first kappa shape index (κ1) is 17.2. The van der Waals surface area contributed by atoms with Gasteiger partial charge in [-0.2, -0.15) is 0 Å². The molecule has 3 amide bonds. The highest BCUT2D eigenvalue weighted by Gasteiger charge is 2.41. The molecule has 0 saturated carbocycles. The van der Waals surface area contributed by atoms with E-state index in [-0.39, 0.29) is 16.4 Å². The van der Waals surface area contributed by atoms with E-state index >= 15 is 0 Å². The Kier molecular flexibility index (Phi) is 4.99. The van der Waals surface area contributed by atoms with Gasteiger partial charge >= 0.3 is 5.97 Å². The highest BCUT2D eigenvalue weighted by molar-refractivity contribution is 7.80. The Hall–Kier alpha value is -3.14. The van der Waals surface area contributed by atoms with Crippen LogP contribution in [0.3, 0.4) is 0 Å². The number of nitrogens with one attached hydrogen (secondary N) is 3. The van der Waals surface area contributed by atoms with E-state index in [1.165, 1.54) is 24.3 Å². The van der Waals surface area contributed by atoms with Crippen LogP contribution in [0.1, 0.15) is 10.4 Å². The lowest BCUT2D eigenvalue weighted by atomic mass is 10.00. The Bertz CT molecular complexity index is 756. The molecule has 0 atom stereocenters. The summed E-state index contributed by atoms with van der Waals surface area (Å²) in [7, 11) is 1.16. The topological polar surface area (TPSA) is 131 Å². The van der Waals surface area contributed by atoms with Gasteiger partial charge in [0.15, 0.2) is 11.0 Å². The largest absolute Gasteiger partial charge is 0.465 e. The van der Waals surface area contributed by atoms with E-state index in [9.17, 15) is 24.0 Å². The average Bonchev–Trinajstić information content (AvgIpc) is 2.53. The van der Waals surface area contributed by atoms with Gasteiger partial charge in [0, 0.05) is 0 Å². The van der Waals surface area contributed by atoms with Crippen molar-refractivity contribution in [1.29, 1.82) is 0 Å². The number of hydrogen-bond donors (Lipinski definition) is 3. The number of ketones is 1. The number of para-hydroxylation sites is 1. The molecule has 1 aromatic carbocycles. The number of amides is 3. The number of esters is 1. The molecule has 3 N–H and O–H groups in total. The molecule has 0 bridgehead atoms. The molecule has 2 rings (SSSR count). The first-order valence-corrected chi connectivity index (χ1v) is 6.94. The number of carbonyl (C=O) groups is 5. The second-order valence-corrected chi connectivity index (χ2v) is 5.00. The maximum absolute atomic E-state index is 12.1. The average molecular weight is 349 g/mol. The van der Waals surface area contributed by atoms with Gasteiger partial charge in [-0.1, -0.05) is 12.1 Å². The fourth-order valence-electron chi connectivity index (χ4n) is 1.95.